The van der Waals surface area contributed by atoms with Gasteiger partial charge in [0, 0.05) is 30.3 Å². The Hall–Kier alpha value is -3.01. The molecule has 3 heterocycles. The zero-order valence-corrected chi connectivity index (χ0v) is 14.9. The van der Waals surface area contributed by atoms with Gasteiger partial charge in [0.1, 0.15) is 6.04 Å². The molecule has 1 N–H and O–H groups in total. The van der Waals surface area contributed by atoms with Gasteiger partial charge in [0.25, 0.3) is 5.91 Å². The Morgan fingerprint density at radius 3 is 2.93 bits per heavy atom. The summed E-state index contributed by atoms with van der Waals surface area (Å²) in [6.07, 6.45) is 1.42. The number of aromatic nitrogens is 5. The zero-order chi connectivity index (χ0) is 18.6. The summed E-state index contributed by atoms with van der Waals surface area (Å²) in [6.45, 7) is 0.580. The molecule has 0 saturated carbocycles. The standard InChI is InChI=1S/C17H15FN6O2S/c18-12-3-1-2-4-14(12)26-15-6-5-11(9-19-15)17(25)24-7-8-27-10-13(24)16-20-22-23-21-16/h1-6,9,13H,7-8,10H2,(H,20,21,22,23). The molecule has 1 atom stereocenters. The summed E-state index contributed by atoms with van der Waals surface area (Å²) in [5, 5.41) is 14.0. The van der Waals surface area contributed by atoms with Crippen LogP contribution in [0.25, 0.3) is 0 Å². The van der Waals surface area contributed by atoms with Crippen LogP contribution in [0.4, 0.5) is 4.39 Å². The van der Waals surface area contributed by atoms with Crippen molar-refractivity contribution in [1.82, 2.24) is 30.5 Å². The number of nitrogens with one attached hydrogen (secondary N) is 1. The van der Waals surface area contributed by atoms with Crippen molar-refractivity contribution in [1.29, 1.82) is 0 Å². The van der Waals surface area contributed by atoms with E-state index in [2.05, 4.69) is 25.6 Å². The molecule has 1 amide bonds. The highest BCUT2D eigenvalue weighted by Gasteiger charge is 2.32. The molecule has 1 aliphatic rings. The van der Waals surface area contributed by atoms with Gasteiger partial charge in [-0.1, -0.05) is 17.3 Å². The van der Waals surface area contributed by atoms with Crippen molar-refractivity contribution in [3.63, 3.8) is 0 Å². The minimum atomic E-state index is -0.478. The first-order chi connectivity index (χ1) is 13.2. The monoisotopic (exact) mass is 386 g/mol. The summed E-state index contributed by atoms with van der Waals surface area (Å²) in [4.78, 5) is 18.8. The van der Waals surface area contributed by atoms with E-state index in [1.54, 1.807) is 40.9 Å². The minimum Gasteiger partial charge on any atom is -0.436 e. The molecule has 27 heavy (non-hydrogen) atoms. The number of aromatic amines is 1. The van der Waals surface area contributed by atoms with E-state index in [1.165, 1.54) is 18.3 Å². The van der Waals surface area contributed by atoms with Crippen LogP contribution in [0.2, 0.25) is 0 Å². The second kappa shape index (κ2) is 7.70. The number of H-pyrrole nitrogens is 1. The summed E-state index contributed by atoms with van der Waals surface area (Å²) in [6, 6.07) is 8.97. The average molecular weight is 386 g/mol. The molecule has 0 radical (unpaired) electrons. The molecule has 1 saturated heterocycles. The third kappa shape index (κ3) is 3.75. The first-order valence-electron chi connectivity index (χ1n) is 8.23. The number of halogens is 1. The van der Waals surface area contributed by atoms with Crippen LogP contribution < -0.4 is 4.74 Å². The van der Waals surface area contributed by atoms with Crippen LogP contribution in [-0.2, 0) is 0 Å². The van der Waals surface area contributed by atoms with E-state index in [0.717, 1.165) is 5.75 Å². The molecule has 138 valence electrons. The summed E-state index contributed by atoms with van der Waals surface area (Å²) in [7, 11) is 0. The Labute approximate surface area is 158 Å². The zero-order valence-electron chi connectivity index (χ0n) is 14.1. The van der Waals surface area contributed by atoms with Crippen LogP contribution in [-0.4, -0.2) is 54.5 Å². The quantitative estimate of drug-likeness (QED) is 0.736. The lowest BCUT2D eigenvalue weighted by Crippen LogP contribution is -2.41. The molecule has 4 rings (SSSR count). The van der Waals surface area contributed by atoms with E-state index in [9.17, 15) is 9.18 Å². The predicted octanol–water partition coefficient (Wildman–Crippen LogP) is 2.46. The number of thioether (sulfide) groups is 1. The first kappa shape index (κ1) is 17.4. The number of para-hydroxylation sites is 1. The molecule has 1 aromatic carbocycles. The number of carbonyl (C=O) groups excluding carboxylic acids is 1. The molecule has 0 spiro atoms. The Morgan fingerprint density at radius 2 is 2.19 bits per heavy atom. The SMILES string of the molecule is O=C(c1ccc(Oc2ccccc2F)nc1)N1CCSCC1c1nn[nH]n1. The fourth-order valence-electron chi connectivity index (χ4n) is 2.74. The highest BCUT2D eigenvalue weighted by atomic mass is 32.2. The van der Waals surface area contributed by atoms with Crippen molar-refractivity contribution in [3.05, 3.63) is 59.8 Å². The predicted molar refractivity (Wildman–Crippen MR) is 96.0 cm³/mol. The molecule has 8 nitrogen and oxygen atoms in total. The molecule has 1 aliphatic heterocycles. The van der Waals surface area contributed by atoms with Crippen molar-refractivity contribution >= 4 is 17.7 Å². The van der Waals surface area contributed by atoms with Crippen LogP contribution in [0.5, 0.6) is 11.6 Å². The van der Waals surface area contributed by atoms with E-state index in [0.29, 0.717) is 23.7 Å². The fraction of sp³-hybridized carbons (Fsp3) is 0.235. The molecule has 3 aromatic rings. The van der Waals surface area contributed by atoms with Crippen LogP contribution in [0, 0.1) is 5.82 Å². The lowest BCUT2D eigenvalue weighted by atomic mass is 10.2. The van der Waals surface area contributed by atoms with Crippen molar-refractivity contribution in [2.75, 3.05) is 18.1 Å². The lowest BCUT2D eigenvalue weighted by Gasteiger charge is -2.33. The number of benzene rings is 1. The highest BCUT2D eigenvalue weighted by Crippen LogP contribution is 2.29. The summed E-state index contributed by atoms with van der Waals surface area (Å²) in [5.74, 6) is 1.66. The van der Waals surface area contributed by atoms with E-state index in [4.69, 9.17) is 4.74 Å². The van der Waals surface area contributed by atoms with Gasteiger partial charge >= 0.3 is 0 Å². The van der Waals surface area contributed by atoms with Gasteiger partial charge in [-0.15, -0.1) is 10.2 Å². The number of hydrogen-bond donors (Lipinski definition) is 1. The average Bonchev–Trinajstić information content (AvgIpc) is 3.24. The summed E-state index contributed by atoms with van der Waals surface area (Å²) in [5.41, 5.74) is 0.413. The van der Waals surface area contributed by atoms with Crippen LogP contribution in [0.1, 0.15) is 22.2 Å². The largest absolute Gasteiger partial charge is 0.436 e. The maximum absolute atomic E-state index is 13.7. The maximum atomic E-state index is 13.7. The van der Waals surface area contributed by atoms with Gasteiger partial charge in [0.05, 0.1) is 5.56 Å². The second-order valence-corrected chi connectivity index (χ2v) is 6.93. The summed E-state index contributed by atoms with van der Waals surface area (Å²) < 4.78 is 19.1. The van der Waals surface area contributed by atoms with Gasteiger partial charge in [0.15, 0.2) is 17.4 Å². The molecule has 0 bridgehead atoms. The van der Waals surface area contributed by atoms with Crippen LogP contribution in [0.15, 0.2) is 42.6 Å². The third-order valence-electron chi connectivity index (χ3n) is 4.08. The molecule has 10 heteroatoms. The van der Waals surface area contributed by atoms with E-state index >= 15 is 0 Å². The summed E-state index contributed by atoms with van der Waals surface area (Å²) >= 11 is 1.74. The maximum Gasteiger partial charge on any atom is 0.256 e. The van der Waals surface area contributed by atoms with Crippen molar-refractivity contribution < 1.29 is 13.9 Å². The fourth-order valence-corrected chi connectivity index (χ4v) is 3.79. The van der Waals surface area contributed by atoms with Gasteiger partial charge in [-0.2, -0.15) is 17.0 Å². The highest BCUT2D eigenvalue weighted by molar-refractivity contribution is 7.99. The Bertz CT molecular complexity index is 921. The van der Waals surface area contributed by atoms with Crippen molar-refractivity contribution in [2.45, 2.75) is 6.04 Å². The number of ether oxygens (including phenoxy) is 1. The van der Waals surface area contributed by atoms with Gasteiger partial charge < -0.3 is 9.64 Å². The molecule has 2 aromatic heterocycles. The van der Waals surface area contributed by atoms with Gasteiger partial charge in [-0.3, -0.25) is 4.79 Å². The number of rotatable bonds is 4. The Kier molecular flexibility index (Phi) is 4.97. The third-order valence-corrected chi connectivity index (χ3v) is 5.11. The van der Waals surface area contributed by atoms with Crippen LogP contribution >= 0.6 is 11.8 Å². The van der Waals surface area contributed by atoms with E-state index in [1.807, 2.05) is 0 Å². The van der Waals surface area contributed by atoms with E-state index < -0.39 is 5.82 Å². The normalized spacial score (nSPS) is 16.9. The molecular weight excluding hydrogens is 371 g/mol. The Balaban J connectivity index is 1.51. The van der Waals surface area contributed by atoms with Crippen LogP contribution in [0.3, 0.4) is 0 Å². The second-order valence-electron chi connectivity index (χ2n) is 5.78. The van der Waals surface area contributed by atoms with Gasteiger partial charge in [-0.25, -0.2) is 9.37 Å². The molecular formula is C17H15FN6O2S. The van der Waals surface area contributed by atoms with Gasteiger partial charge in [-0.05, 0) is 18.2 Å². The topological polar surface area (TPSA) is 96.9 Å². The number of tetrazole rings is 1. The molecule has 1 unspecified atom stereocenters. The smallest absolute Gasteiger partial charge is 0.256 e. The molecule has 1 fully saturated rings. The Morgan fingerprint density at radius 1 is 1.30 bits per heavy atom. The number of nitrogens with zero attached hydrogens (tertiary/aromatic N) is 5. The molecule has 0 aliphatic carbocycles. The minimum absolute atomic E-state index is 0.0781. The number of carbonyl (C=O) groups is 1. The van der Waals surface area contributed by atoms with E-state index in [-0.39, 0.29) is 23.6 Å². The number of amides is 1. The number of pyridine rings is 1. The van der Waals surface area contributed by atoms with Crippen molar-refractivity contribution in [2.24, 2.45) is 0 Å². The number of hydrogen-bond acceptors (Lipinski definition) is 7. The first-order valence-corrected chi connectivity index (χ1v) is 9.38. The van der Waals surface area contributed by atoms with Crippen molar-refractivity contribution in [3.8, 4) is 11.6 Å². The van der Waals surface area contributed by atoms with Gasteiger partial charge in [0.2, 0.25) is 5.88 Å². The lowest BCUT2D eigenvalue weighted by molar-refractivity contribution is 0.0694.